The summed E-state index contributed by atoms with van der Waals surface area (Å²) in [5.41, 5.74) is 4.46. The van der Waals surface area contributed by atoms with Crippen molar-refractivity contribution in [2.75, 3.05) is 18.8 Å². The lowest BCUT2D eigenvalue weighted by Gasteiger charge is -2.31. The highest BCUT2D eigenvalue weighted by molar-refractivity contribution is 7.89. The molecule has 2 aromatic carbocycles. The van der Waals surface area contributed by atoms with E-state index in [1.807, 2.05) is 30.3 Å². The second-order valence-corrected chi connectivity index (χ2v) is 10.0. The van der Waals surface area contributed by atoms with Gasteiger partial charge >= 0.3 is 0 Å². The summed E-state index contributed by atoms with van der Waals surface area (Å²) in [5, 5.41) is 3.24. The third kappa shape index (κ3) is 5.06. The number of benzene rings is 2. The first kappa shape index (κ1) is 21.5. The summed E-state index contributed by atoms with van der Waals surface area (Å²) in [6.07, 6.45) is 1.11. The van der Waals surface area contributed by atoms with E-state index in [4.69, 9.17) is 0 Å². The molecular formula is C23H30N2O3S. The van der Waals surface area contributed by atoms with Crippen molar-refractivity contribution in [1.29, 1.82) is 0 Å². The number of carbonyl (C=O) groups is 1. The SMILES string of the molecule is CCS(=O)(=O)N1CCC(C(=O)N[C@H](c2ccccc2)c2ccc(C)cc2C)CC1. The van der Waals surface area contributed by atoms with E-state index < -0.39 is 10.0 Å². The molecule has 1 fully saturated rings. The maximum Gasteiger partial charge on any atom is 0.223 e. The first-order valence-corrected chi connectivity index (χ1v) is 11.8. The Hall–Kier alpha value is -2.18. The lowest BCUT2D eigenvalue weighted by Crippen LogP contribution is -2.44. The smallest absolute Gasteiger partial charge is 0.223 e. The summed E-state index contributed by atoms with van der Waals surface area (Å²) in [6, 6.07) is 16.0. The molecule has 0 saturated carbocycles. The zero-order chi connectivity index (χ0) is 21.0. The zero-order valence-corrected chi connectivity index (χ0v) is 18.2. The van der Waals surface area contributed by atoms with Gasteiger partial charge in [0, 0.05) is 19.0 Å². The molecular weight excluding hydrogens is 384 g/mol. The number of piperidine rings is 1. The monoisotopic (exact) mass is 414 g/mol. The van der Waals surface area contributed by atoms with Gasteiger partial charge in [0.1, 0.15) is 0 Å². The summed E-state index contributed by atoms with van der Waals surface area (Å²) in [4.78, 5) is 13.1. The van der Waals surface area contributed by atoms with Crippen LogP contribution in [0.5, 0.6) is 0 Å². The normalized spacial score (nSPS) is 17.1. The van der Waals surface area contributed by atoms with Gasteiger partial charge in [0.25, 0.3) is 0 Å². The van der Waals surface area contributed by atoms with Gasteiger partial charge in [0.05, 0.1) is 11.8 Å². The van der Waals surface area contributed by atoms with Gasteiger partial charge in [-0.25, -0.2) is 12.7 Å². The van der Waals surface area contributed by atoms with Crippen LogP contribution in [0.2, 0.25) is 0 Å². The number of hydrogen-bond donors (Lipinski definition) is 1. The number of aryl methyl sites for hydroxylation is 2. The minimum absolute atomic E-state index is 0.00706. The Labute approximate surface area is 174 Å². The third-order valence-corrected chi connectivity index (χ3v) is 7.62. The molecule has 29 heavy (non-hydrogen) atoms. The largest absolute Gasteiger partial charge is 0.345 e. The molecule has 0 unspecified atom stereocenters. The predicted octanol–water partition coefficient (Wildman–Crippen LogP) is 3.57. The van der Waals surface area contributed by atoms with Crippen LogP contribution in [-0.4, -0.2) is 37.5 Å². The van der Waals surface area contributed by atoms with Crippen molar-refractivity contribution in [2.45, 2.75) is 39.7 Å². The average Bonchev–Trinajstić information content (AvgIpc) is 2.73. The van der Waals surface area contributed by atoms with Gasteiger partial charge in [-0.2, -0.15) is 0 Å². The van der Waals surface area contributed by atoms with Gasteiger partial charge < -0.3 is 5.32 Å². The number of nitrogens with one attached hydrogen (secondary N) is 1. The molecule has 0 spiro atoms. The van der Waals surface area contributed by atoms with Crippen LogP contribution in [0.15, 0.2) is 48.5 Å². The van der Waals surface area contributed by atoms with Crippen LogP contribution in [0.3, 0.4) is 0 Å². The molecule has 3 rings (SSSR count). The second-order valence-electron chi connectivity index (χ2n) is 7.79. The minimum Gasteiger partial charge on any atom is -0.345 e. The summed E-state index contributed by atoms with van der Waals surface area (Å²) in [6.45, 7) is 6.60. The molecule has 0 aromatic heterocycles. The van der Waals surface area contributed by atoms with Gasteiger partial charge in [-0.3, -0.25) is 4.79 Å². The van der Waals surface area contributed by atoms with E-state index in [9.17, 15) is 13.2 Å². The molecule has 2 aromatic rings. The number of amides is 1. The predicted molar refractivity (Wildman–Crippen MR) is 116 cm³/mol. The average molecular weight is 415 g/mol. The van der Waals surface area contributed by atoms with Crippen molar-refractivity contribution in [2.24, 2.45) is 5.92 Å². The van der Waals surface area contributed by atoms with Crippen molar-refractivity contribution in [3.63, 3.8) is 0 Å². The van der Waals surface area contributed by atoms with Gasteiger partial charge in [-0.1, -0.05) is 54.1 Å². The molecule has 5 nitrogen and oxygen atoms in total. The number of carbonyl (C=O) groups excluding carboxylic acids is 1. The molecule has 1 atom stereocenters. The van der Waals surface area contributed by atoms with Crippen LogP contribution in [0.1, 0.15) is 48.1 Å². The standard InChI is InChI=1S/C23H30N2O3S/c1-4-29(27,28)25-14-12-20(13-15-25)23(26)24-22(19-8-6-5-7-9-19)21-11-10-17(2)16-18(21)3/h5-11,16,20,22H,4,12-15H2,1-3H3,(H,24,26)/t22-/m1/s1. The summed E-state index contributed by atoms with van der Waals surface area (Å²) in [5.74, 6) is -0.0743. The fourth-order valence-electron chi connectivity index (χ4n) is 3.97. The Bertz CT molecular complexity index is 949. The Morgan fingerprint density at radius 2 is 1.76 bits per heavy atom. The molecule has 0 bridgehead atoms. The van der Waals surface area contributed by atoms with Gasteiger partial charge in [0.15, 0.2) is 0 Å². The van der Waals surface area contributed by atoms with E-state index in [1.54, 1.807) is 6.92 Å². The molecule has 1 amide bonds. The van der Waals surface area contributed by atoms with Crippen molar-refractivity contribution < 1.29 is 13.2 Å². The summed E-state index contributed by atoms with van der Waals surface area (Å²) in [7, 11) is -3.19. The van der Waals surface area contributed by atoms with E-state index in [0.29, 0.717) is 25.9 Å². The summed E-state index contributed by atoms with van der Waals surface area (Å²) >= 11 is 0. The Morgan fingerprint density at radius 3 is 2.34 bits per heavy atom. The fourth-order valence-corrected chi connectivity index (χ4v) is 5.11. The molecule has 1 aliphatic rings. The highest BCUT2D eigenvalue weighted by atomic mass is 32.2. The van der Waals surface area contributed by atoms with Gasteiger partial charge in [-0.05, 0) is 50.3 Å². The molecule has 1 heterocycles. The molecule has 1 N–H and O–H groups in total. The third-order valence-electron chi connectivity index (χ3n) is 5.74. The molecule has 0 aliphatic carbocycles. The Balaban J connectivity index is 1.78. The van der Waals surface area contributed by atoms with Crippen molar-refractivity contribution in [3.8, 4) is 0 Å². The minimum atomic E-state index is -3.19. The van der Waals surface area contributed by atoms with Crippen molar-refractivity contribution >= 4 is 15.9 Å². The lowest BCUT2D eigenvalue weighted by atomic mass is 9.91. The number of hydrogen-bond acceptors (Lipinski definition) is 3. The highest BCUT2D eigenvalue weighted by Gasteiger charge is 2.31. The van der Waals surface area contributed by atoms with E-state index in [0.717, 1.165) is 16.7 Å². The molecule has 6 heteroatoms. The molecule has 1 aliphatic heterocycles. The van der Waals surface area contributed by atoms with Crippen LogP contribution >= 0.6 is 0 Å². The first-order chi connectivity index (χ1) is 13.8. The van der Waals surface area contributed by atoms with E-state index in [-0.39, 0.29) is 23.6 Å². The zero-order valence-electron chi connectivity index (χ0n) is 17.4. The van der Waals surface area contributed by atoms with E-state index in [2.05, 4.69) is 37.4 Å². The van der Waals surface area contributed by atoms with Crippen LogP contribution in [-0.2, 0) is 14.8 Å². The summed E-state index contributed by atoms with van der Waals surface area (Å²) < 4.78 is 25.6. The van der Waals surface area contributed by atoms with Crippen LogP contribution in [0, 0.1) is 19.8 Å². The van der Waals surface area contributed by atoms with Gasteiger partial charge in [-0.15, -0.1) is 0 Å². The van der Waals surface area contributed by atoms with Crippen molar-refractivity contribution in [3.05, 3.63) is 70.8 Å². The molecule has 1 saturated heterocycles. The highest BCUT2D eigenvalue weighted by Crippen LogP contribution is 2.28. The maximum atomic E-state index is 13.1. The first-order valence-electron chi connectivity index (χ1n) is 10.2. The van der Waals surface area contributed by atoms with E-state index >= 15 is 0 Å². The maximum absolute atomic E-state index is 13.1. The number of sulfonamides is 1. The topological polar surface area (TPSA) is 66.5 Å². The molecule has 156 valence electrons. The van der Waals surface area contributed by atoms with Gasteiger partial charge in [0.2, 0.25) is 15.9 Å². The Kier molecular flexibility index (Phi) is 6.75. The fraction of sp³-hybridized carbons (Fsp3) is 0.435. The lowest BCUT2D eigenvalue weighted by molar-refractivity contribution is -0.126. The van der Waals surface area contributed by atoms with Crippen LogP contribution < -0.4 is 5.32 Å². The number of rotatable bonds is 6. The van der Waals surface area contributed by atoms with E-state index in [1.165, 1.54) is 9.87 Å². The van der Waals surface area contributed by atoms with Crippen molar-refractivity contribution in [1.82, 2.24) is 9.62 Å². The Morgan fingerprint density at radius 1 is 1.10 bits per heavy atom. The second kappa shape index (κ2) is 9.09. The van der Waals surface area contributed by atoms with Crippen LogP contribution in [0.25, 0.3) is 0 Å². The number of nitrogens with zero attached hydrogens (tertiary/aromatic N) is 1. The van der Waals surface area contributed by atoms with Crippen LogP contribution in [0.4, 0.5) is 0 Å². The quantitative estimate of drug-likeness (QED) is 0.786. The molecule has 0 radical (unpaired) electrons.